The van der Waals surface area contributed by atoms with E-state index in [1.165, 1.54) is 4.57 Å². The van der Waals surface area contributed by atoms with Crippen LogP contribution < -0.4 is 10.7 Å². The largest absolute Gasteiger partial charge is 0.420 e. The number of thiazole rings is 1. The predicted molar refractivity (Wildman–Crippen MR) is 136 cm³/mol. The molecule has 2 aromatic carbocycles. The zero-order valence-electron chi connectivity index (χ0n) is 19.4. The number of fused-ring (bicyclic) bond motifs is 2. The Morgan fingerprint density at radius 1 is 1.20 bits per heavy atom. The summed E-state index contributed by atoms with van der Waals surface area (Å²) in [5.41, 5.74) is 6.62. The van der Waals surface area contributed by atoms with Crippen LogP contribution in [0.4, 0.5) is 5.00 Å². The molecule has 1 N–H and O–H groups in total. The number of carbonyl (C=O) groups excluding carboxylic acids is 1. The second kappa shape index (κ2) is 8.38. The third-order valence-corrected chi connectivity index (χ3v) is 7.46. The maximum atomic E-state index is 13.2. The highest BCUT2D eigenvalue weighted by molar-refractivity contribution is 7.14. The highest BCUT2D eigenvalue weighted by atomic mass is 32.1. The first-order valence-corrected chi connectivity index (χ1v) is 12.4. The van der Waals surface area contributed by atoms with E-state index in [2.05, 4.69) is 14.9 Å². The highest BCUT2D eigenvalue weighted by Crippen LogP contribution is 2.34. The van der Waals surface area contributed by atoms with Crippen molar-refractivity contribution in [3.05, 3.63) is 64.1 Å². The molecule has 4 heterocycles. The number of oxazole rings is 1. The Bertz CT molecular complexity index is 1580. The van der Waals surface area contributed by atoms with E-state index >= 15 is 0 Å². The van der Waals surface area contributed by atoms with Crippen LogP contribution in [0.3, 0.4) is 0 Å². The minimum absolute atomic E-state index is 0.0307. The van der Waals surface area contributed by atoms with E-state index in [0.29, 0.717) is 30.7 Å². The van der Waals surface area contributed by atoms with Crippen molar-refractivity contribution in [2.24, 2.45) is 0 Å². The van der Waals surface area contributed by atoms with Gasteiger partial charge in [0, 0.05) is 25.7 Å². The molecule has 0 aliphatic carbocycles. The number of aromatic amines is 1. The molecular formula is C25H24N6O3S. The standard InChI is InChI=1S/C25H24N6O3S/c1-15-6-5-9-19-22(15)31(25(33)34-19)13-20(32)30-11-10-29(12-16(30)2)24-21(26-14-35-24)23-27-17-7-3-4-8-18(17)28-23/h3-9,14,16H,10-13H2,1-2H3,(H,27,28)/t16-/m1/s1. The fourth-order valence-corrected chi connectivity index (χ4v) is 5.71. The molecule has 35 heavy (non-hydrogen) atoms. The number of para-hydroxylation sites is 3. The number of piperazine rings is 1. The molecule has 1 saturated heterocycles. The van der Waals surface area contributed by atoms with Crippen LogP contribution in [0.2, 0.25) is 0 Å². The van der Waals surface area contributed by atoms with Crippen molar-refractivity contribution in [1.82, 2.24) is 24.4 Å². The number of H-pyrrole nitrogens is 1. The molecule has 1 atom stereocenters. The number of nitrogens with zero attached hydrogens (tertiary/aromatic N) is 5. The number of aromatic nitrogens is 4. The Morgan fingerprint density at radius 2 is 2.06 bits per heavy atom. The monoisotopic (exact) mass is 488 g/mol. The average Bonchev–Trinajstić information content (AvgIpc) is 3.56. The summed E-state index contributed by atoms with van der Waals surface area (Å²) in [5, 5.41) is 1.04. The van der Waals surface area contributed by atoms with E-state index < -0.39 is 5.76 Å². The number of aryl methyl sites for hydroxylation is 1. The molecule has 178 valence electrons. The van der Waals surface area contributed by atoms with Crippen molar-refractivity contribution < 1.29 is 9.21 Å². The third-order valence-electron chi connectivity index (χ3n) is 6.58. The van der Waals surface area contributed by atoms with Crippen LogP contribution in [0.1, 0.15) is 12.5 Å². The second-order valence-electron chi connectivity index (χ2n) is 8.87. The molecule has 0 unspecified atom stereocenters. The van der Waals surface area contributed by atoms with Crippen LogP contribution in [-0.2, 0) is 11.3 Å². The number of amides is 1. The summed E-state index contributed by atoms with van der Waals surface area (Å²) in [7, 11) is 0. The van der Waals surface area contributed by atoms with E-state index in [-0.39, 0.29) is 18.5 Å². The number of imidazole rings is 1. The second-order valence-corrected chi connectivity index (χ2v) is 9.70. The van der Waals surface area contributed by atoms with Gasteiger partial charge in [-0.2, -0.15) is 0 Å². The number of benzene rings is 2. The average molecular weight is 489 g/mol. The third kappa shape index (κ3) is 3.70. The Balaban J connectivity index is 1.21. The Hall–Kier alpha value is -3.92. The molecule has 6 rings (SSSR count). The minimum atomic E-state index is -0.505. The van der Waals surface area contributed by atoms with Gasteiger partial charge in [0.05, 0.1) is 22.1 Å². The summed E-state index contributed by atoms with van der Waals surface area (Å²) in [4.78, 5) is 42.5. The predicted octanol–water partition coefficient (Wildman–Crippen LogP) is 3.64. The molecule has 9 nitrogen and oxygen atoms in total. The summed E-state index contributed by atoms with van der Waals surface area (Å²) in [6, 6.07) is 13.4. The van der Waals surface area contributed by atoms with Crippen molar-refractivity contribution >= 4 is 44.4 Å². The Morgan fingerprint density at radius 3 is 2.89 bits per heavy atom. The van der Waals surface area contributed by atoms with Gasteiger partial charge in [0.15, 0.2) is 11.4 Å². The lowest BCUT2D eigenvalue weighted by molar-refractivity contribution is -0.134. The molecule has 5 aromatic rings. The first-order valence-electron chi connectivity index (χ1n) is 11.5. The lowest BCUT2D eigenvalue weighted by Gasteiger charge is -2.40. The van der Waals surface area contributed by atoms with Crippen LogP contribution in [0.15, 0.2) is 57.2 Å². The summed E-state index contributed by atoms with van der Waals surface area (Å²) >= 11 is 1.57. The molecule has 0 saturated carbocycles. The van der Waals surface area contributed by atoms with Crippen LogP contribution >= 0.6 is 11.3 Å². The van der Waals surface area contributed by atoms with Gasteiger partial charge >= 0.3 is 5.76 Å². The van der Waals surface area contributed by atoms with Gasteiger partial charge in [-0.25, -0.2) is 14.8 Å². The number of nitrogens with one attached hydrogen (secondary N) is 1. The lowest BCUT2D eigenvalue weighted by atomic mass is 10.1. The molecular weight excluding hydrogens is 464 g/mol. The van der Waals surface area contributed by atoms with Gasteiger partial charge < -0.3 is 19.2 Å². The molecule has 0 spiro atoms. The summed E-state index contributed by atoms with van der Waals surface area (Å²) in [6.07, 6.45) is 0. The first kappa shape index (κ1) is 21.6. The molecule has 0 bridgehead atoms. The Labute approximate surface area is 204 Å². The van der Waals surface area contributed by atoms with E-state index in [1.54, 1.807) is 17.4 Å². The smallest absolute Gasteiger partial charge is 0.408 e. The normalized spacial score (nSPS) is 16.5. The number of hydrogen-bond acceptors (Lipinski definition) is 7. The van der Waals surface area contributed by atoms with E-state index in [4.69, 9.17) is 9.40 Å². The molecule has 10 heteroatoms. The number of hydrogen-bond donors (Lipinski definition) is 1. The van der Waals surface area contributed by atoms with E-state index in [1.807, 2.05) is 60.7 Å². The number of anilines is 1. The topological polar surface area (TPSA) is 100 Å². The molecule has 1 amide bonds. The molecule has 0 radical (unpaired) electrons. The number of carbonyl (C=O) groups is 1. The molecule has 1 aliphatic rings. The fourth-order valence-electron chi connectivity index (χ4n) is 4.87. The molecule has 1 aliphatic heterocycles. The SMILES string of the molecule is Cc1cccc2oc(=O)n(CC(=O)N3CCN(c4scnc4-c4nc5ccccc5[nH]4)C[C@H]3C)c12. The summed E-state index contributed by atoms with van der Waals surface area (Å²) < 4.78 is 6.79. The highest BCUT2D eigenvalue weighted by Gasteiger charge is 2.31. The van der Waals surface area contributed by atoms with E-state index in [9.17, 15) is 9.59 Å². The zero-order chi connectivity index (χ0) is 24.1. The van der Waals surface area contributed by atoms with Crippen molar-refractivity contribution in [3.63, 3.8) is 0 Å². The Kier molecular flexibility index (Phi) is 5.18. The van der Waals surface area contributed by atoms with Gasteiger partial charge in [-0.3, -0.25) is 9.36 Å². The van der Waals surface area contributed by atoms with Gasteiger partial charge in [0.25, 0.3) is 0 Å². The quantitative estimate of drug-likeness (QED) is 0.415. The van der Waals surface area contributed by atoms with Gasteiger partial charge in [0.1, 0.15) is 17.2 Å². The van der Waals surface area contributed by atoms with Crippen LogP contribution in [0, 0.1) is 6.92 Å². The number of rotatable bonds is 4. The van der Waals surface area contributed by atoms with Crippen molar-refractivity contribution in [2.75, 3.05) is 24.5 Å². The molecule has 1 fully saturated rings. The van der Waals surface area contributed by atoms with Crippen molar-refractivity contribution in [2.45, 2.75) is 26.4 Å². The fraction of sp³-hybridized carbons (Fsp3) is 0.280. The van der Waals surface area contributed by atoms with Gasteiger partial charge in [-0.1, -0.05) is 24.3 Å². The van der Waals surface area contributed by atoms with Gasteiger partial charge in [0.2, 0.25) is 5.91 Å². The van der Waals surface area contributed by atoms with Crippen molar-refractivity contribution in [1.29, 1.82) is 0 Å². The van der Waals surface area contributed by atoms with Crippen LogP contribution in [0.25, 0.3) is 33.7 Å². The zero-order valence-corrected chi connectivity index (χ0v) is 20.2. The van der Waals surface area contributed by atoms with Gasteiger partial charge in [-0.05, 0) is 37.6 Å². The van der Waals surface area contributed by atoms with Gasteiger partial charge in [-0.15, -0.1) is 11.3 Å². The van der Waals surface area contributed by atoms with Crippen LogP contribution in [-0.4, -0.2) is 56.0 Å². The summed E-state index contributed by atoms with van der Waals surface area (Å²) in [6.45, 7) is 5.81. The summed E-state index contributed by atoms with van der Waals surface area (Å²) in [5.74, 6) is 0.149. The first-order chi connectivity index (χ1) is 17.0. The maximum Gasteiger partial charge on any atom is 0.420 e. The maximum absolute atomic E-state index is 13.2. The minimum Gasteiger partial charge on any atom is -0.408 e. The van der Waals surface area contributed by atoms with E-state index in [0.717, 1.165) is 33.1 Å². The van der Waals surface area contributed by atoms with Crippen molar-refractivity contribution in [3.8, 4) is 11.5 Å². The molecule has 3 aromatic heterocycles. The van der Waals surface area contributed by atoms with Crippen LogP contribution in [0.5, 0.6) is 0 Å². The lowest BCUT2D eigenvalue weighted by Crippen LogP contribution is -2.55.